The molecule has 4 aromatic rings. The van der Waals surface area contributed by atoms with E-state index in [9.17, 15) is 28.0 Å². The zero-order chi connectivity index (χ0) is 69.2. The van der Waals surface area contributed by atoms with Gasteiger partial charge in [0.15, 0.2) is 5.82 Å². The van der Waals surface area contributed by atoms with Gasteiger partial charge in [-0.05, 0) is 169 Å². The molecule has 4 amide bonds. The predicted molar refractivity (Wildman–Crippen MR) is 360 cm³/mol. The molecule has 0 N–H and O–H groups in total. The first kappa shape index (κ1) is 74.3. The van der Waals surface area contributed by atoms with Crippen LogP contribution in [-0.2, 0) is 14.2 Å². The van der Waals surface area contributed by atoms with Crippen molar-refractivity contribution in [1.29, 1.82) is 0 Å². The van der Waals surface area contributed by atoms with Crippen LogP contribution in [0.4, 0.5) is 29.9 Å². The van der Waals surface area contributed by atoms with Crippen LogP contribution in [0.2, 0.25) is 0 Å². The van der Waals surface area contributed by atoms with Crippen molar-refractivity contribution in [2.45, 2.75) is 184 Å². The molecule has 0 bridgehead atoms. The van der Waals surface area contributed by atoms with Crippen LogP contribution in [0.25, 0.3) is 0 Å². The number of hydrogen-bond donors (Lipinski definition) is 0. The summed E-state index contributed by atoms with van der Waals surface area (Å²) in [4.78, 5) is 72.4. The first-order chi connectivity index (χ1) is 44.2. The quantitative estimate of drug-likeness (QED) is 0.0605. The molecule has 22 nitrogen and oxygen atoms in total. The van der Waals surface area contributed by atoms with E-state index in [1.54, 1.807) is 47.0 Å². The summed E-state index contributed by atoms with van der Waals surface area (Å²) < 4.78 is 58.0. The molecule has 4 saturated heterocycles. The molecule has 3 atom stereocenters. The summed E-state index contributed by atoms with van der Waals surface area (Å²) in [7, 11) is 5.24. The molecule has 520 valence electrons. The van der Waals surface area contributed by atoms with Crippen LogP contribution in [0.3, 0.4) is 0 Å². The Morgan fingerprint density at radius 2 is 1.11 bits per heavy atom. The second kappa shape index (κ2) is 31.7. The fourth-order valence-corrected chi connectivity index (χ4v) is 13.5. The molecule has 2 spiro atoms. The Hall–Kier alpha value is -7.05. The lowest BCUT2D eigenvalue weighted by molar-refractivity contribution is -0.0543. The van der Waals surface area contributed by atoms with Crippen LogP contribution in [0.1, 0.15) is 164 Å². The number of likely N-dealkylation sites (N-methyl/N-ethyl adjacent to an activating group) is 1. The van der Waals surface area contributed by atoms with Crippen molar-refractivity contribution in [3.8, 4) is 23.3 Å². The molecule has 94 heavy (non-hydrogen) atoms. The number of carbonyl (C=O) groups excluding carboxylic acids is 4. The minimum Gasteiger partial charge on any atom is -0.444 e. The normalized spacial score (nSPS) is 17.2. The molecular weight excluding hydrogens is 1200 g/mol. The molecule has 4 aliphatic rings. The number of aromatic nitrogens is 5. The van der Waals surface area contributed by atoms with Crippen LogP contribution >= 0.6 is 0 Å². The van der Waals surface area contributed by atoms with Gasteiger partial charge in [0.25, 0.3) is 23.6 Å². The molecule has 0 radical (unpaired) electrons. The van der Waals surface area contributed by atoms with Gasteiger partial charge in [-0.1, -0.05) is 27.7 Å². The molecule has 2 aromatic heterocycles. The summed E-state index contributed by atoms with van der Waals surface area (Å²) in [6, 6.07) is 10.4. The van der Waals surface area contributed by atoms with E-state index in [0.29, 0.717) is 55.8 Å². The number of methoxy groups -OCH3 is 1. The highest BCUT2D eigenvalue weighted by atomic mass is 19.1. The number of nitrogens with zero attached hydrogens (tertiary/aromatic N) is 13. The molecule has 3 unspecified atom stereocenters. The van der Waals surface area contributed by atoms with Crippen LogP contribution in [0.5, 0.6) is 23.3 Å². The lowest BCUT2D eigenvalue weighted by Crippen LogP contribution is -2.62. The second-order valence-corrected chi connectivity index (χ2v) is 29.4. The van der Waals surface area contributed by atoms with Gasteiger partial charge in [-0.2, -0.15) is 5.10 Å². The Balaban J connectivity index is 0.000000266. The highest BCUT2D eigenvalue weighted by Crippen LogP contribution is 2.47. The van der Waals surface area contributed by atoms with Crippen LogP contribution in [0, 0.1) is 34.3 Å². The number of likely N-dealkylation sites (tertiary alicyclic amines) is 2. The zero-order valence-corrected chi connectivity index (χ0v) is 59.5. The summed E-state index contributed by atoms with van der Waals surface area (Å²) in [6.45, 7) is 40.9. The topological polar surface area (TPSA) is 205 Å². The van der Waals surface area contributed by atoms with E-state index in [0.717, 1.165) is 90.1 Å². The third kappa shape index (κ3) is 19.1. The minimum atomic E-state index is -0.558. The van der Waals surface area contributed by atoms with E-state index in [1.165, 1.54) is 42.7 Å². The largest absolute Gasteiger partial charge is 0.444 e. The molecule has 2 aromatic carbocycles. The van der Waals surface area contributed by atoms with E-state index in [-0.39, 0.29) is 87.6 Å². The highest BCUT2D eigenvalue weighted by Gasteiger charge is 2.52. The lowest BCUT2D eigenvalue weighted by Gasteiger charge is -2.53. The van der Waals surface area contributed by atoms with Crippen molar-refractivity contribution < 1.29 is 51.6 Å². The SMILES string of the molecule is CCN(C(=O)c1cc(F)ccc1Oc1nnccc1N1CCC2(C1)CN(C(CCCN(C)C(=O)OC(C)(C)C)C(C)C)C2)C(C)C.CCN(C(=O)c1cc(F)ccc1Oc1nncnc1N1CCC2(C1)CN(C(CC(CN(C)C(=O)OC(C)(C)C)OC)C(C)C)C2)C(C)C. The average Bonchev–Trinajstić information content (AvgIpc) is 1.56. The maximum atomic E-state index is 14.3. The lowest BCUT2D eigenvalue weighted by atomic mass is 9.76. The van der Waals surface area contributed by atoms with Crippen molar-refractivity contribution in [2.24, 2.45) is 22.7 Å². The van der Waals surface area contributed by atoms with E-state index in [4.69, 9.17) is 23.7 Å². The third-order valence-electron chi connectivity index (χ3n) is 18.3. The second-order valence-electron chi connectivity index (χ2n) is 29.4. The number of ether oxygens (including phenoxy) is 5. The molecular formula is C70H107F2N13O9. The monoisotopic (exact) mass is 1310 g/mol. The van der Waals surface area contributed by atoms with Gasteiger partial charge in [0, 0.05) is 135 Å². The third-order valence-corrected chi connectivity index (χ3v) is 18.3. The molecule has 8 rings (SSSR count). The van der Waals surface area contributed by atoms with E-state index in [2.05, 4.69) is 72.7 Å². The number of hydrogen-bond acceptors (Lipinski definition) is 18. The van der Waals surface area contributed by atoms with Crippen molar-refractivity contribution in [3.05, 3.63) is 77.8 Å². The first-order valence-electron chi connectivity index (χ1n) is 33.6. The van der Waals surface area contributed by atoms with Gasteiger partial charge in [0.1, 0.15) is 46.4 Å². The number of rotatable bonds is 25. The van der Waals surface area contributed by atoms with Crippen LogP contribution in [-0.4, -0.2) is 220 Å². The molecule has 4 fully saturated rings. The Labute approximate surface area is 557 Å². The van der Waals surface area contributed by atoms with E-state index < -0.39 is 22.8 Å². The Morgan fingerprint density at radius 1 is 0.628 bits per heavy atom. The summed E-state index contributed by atoms with van der Waals surface area (Å²) in [6.07, 6.45) is 7.03. The average molecular weight is 1310 g/mol. The van der Waals surface area contributed by atoms with Crippen molar-refractivity contribution >= 4 is 35.5 Å². The maximum absolute atomic E-state index is 14.3. The fraction of sp³-hybridized carbons (Fsp3) is 0.671. The van der Waals surface area contributed by atoms with E-state index >= 15 is 0 Å². The van der Waals surface area contributed by atoms with Gasteiger partial charge in [0.05, 0.1) is 23.4 Å². The first-order valence-corrected chi connectivity index (χ1v) is 33.6. The van der Waals surface area contributed by atoms with Gasteiger partial charge < -0.3 is 53.1 Å². The van der Waals surface area contributed by atoms with Gasteiger partial charge in [-0.25, -0.2) is 23.4 Å². The number of anilines is 2. The Bertz CT molecular complexity index is 3180. The van der Waals surface area contributed by atoms with E-state index in [1.807, 2.05) is 89.2 Å². The number of benzene rings is 2. The van der Waals surface area contributed by atoms with Gasteiger partial charge in [0.2, 0.25) is 0 Å². The summed E-state index contributed by atoms with van der Waals surface area (Å²) in [5.41, 5.74) is 0.307. The van der Waals surface area contributed by atoms with Gasteiger partial charge in [-0.15, -0.1) is 15.3 Å². The number of amides is 4. The maximum Gasteiger partial charge on any atom is 0.410 e. The Kier molecular flexibility index (Phi) is 25.0. The van der Waals surface area contributed by atoms with Gasteiger partial charge in [-0.3, -0.25) is 19.4 Å². The minimum absolute atomic E-state index is 0.0441. The number of carbonyl (C=O) groups is 4. The van der Waals surface area contributed by atoms with Crippen LogP contribution < -0.4 is 19.3 Å². The summed E-state index contributed by atoms with van der Waals surface area (Å²) >= 11 is 0. The van der Waals surface area contributed by atoms with Crippen molar-refractivity contribution in [3.63, 3.8) is 0 Å². The Morgan fingerprint density at radius 3 is 1.60 bits per heavy atom. The molecule has 24 heteroatoms. The smallest absolute Gasteiger partial charge is 0.410 e. The highest BCUT2D eigenvalue weighted by molar-refractivity contribution is 5.98. The fourth-order valence-electron chi connectivity index (χ4n) is 13.5. The number of halogens is 2. The standard InChI is InChI=1S/C35H54FN7O5.C35H53FN6O4/c1-11-43(24(4)5)32(44)27-16-25(36)12-13-29(27)47-31-30(37-22-38-39-31)41-15-14-35(19-41)20-42(21-35)28(23(2)3)17-26(46-10)18-40(9)33(45)48-34(6,7)8;1-10-42(25(4)5)32(43)27-20-26(36)13-14-30(27)45-31-29(15-17-37-38-31)40-19-16-35(21-40)22-41(23-35)28(24(2)3)12-11-18-39(9)33(44)46-34(6,7)8/h12-13,16,22-24,26,28H,11,14-15,17-21H2,1-10H3;13-15,17,20,24-25,28H,10-12,16,18-19,21-23H2,1-9H3. The summed E-state index contributed by atoms with van der Waals surface area (Å²) in [5.74, 6) is 0.751. The molecule has 4 aliphatic heterocycles. The molecule has 0 saturated carbocycles. The van der Waals surface area contributed by atoms with Crippen molar-refractivity contribution in [1.82, 2.24) is 54.8 Å². The summed E-state index contributed by atoms with van der Waals surface area (Å²) in [5, 5.41) is 16.6. The predicted octanol–water partition coefficient (Wildman–Crippen LogP) is 11.9. The van der Waals surface area contributed by atoms with Crippen molar-refractivity contribution in [2.75, 3.05) is 110 Å². The van der Waals surface area contributed by atoms with Crippen LogP contribution in [0.15, 0.2) is 55.0 Å². The molecule has 6 heterocycles. The molecule has 0 aliphatic carbocycles. The van der Waals surface area contributed by atoms with Gasteiger partial charge >= 0.3 is 12.2 Å². The zero-order valence-electron chi connectivity index (χ0n) is 59.5.